The van der Waals surface area contributed by atoms with E-state index in [1.54, 1.807) is 48.5 Å². The van der Waals surface area contributed by atoms with Crippen LogP contribution in [-0.4, -0.2) is 47.7 Å². The Kier molecular flexibility index (Phi) is 10.9. The smallest absolute Gasteiger partial charge is 0.309 e. The molecule has 1 aliphatic heterocycles. The van der Waals surface area contributed by atoms with Crippen molar-refractivity contribution in [2.24, 2.45) is 5.41 Å². The Morgan fingerprint density at radius 2 is 1.75 bits per heavy atom. The van der Waals surface area contributed by atoms with E-state index >= 15 is 0 Å². The van der Waals surface area contributed by atoms with Crippen molar-refractivity contribution in [1.82, 2.24) is 20.0 Å². The molecule has 0 unspecified atom stereocenters. The normalized spacial score (nSPS) is 14.4. The second kappa shape index (κ2) is 13.6. The van der Waals surface area contributed by atoms with Crippen LogP contribution in [0.4, 0.5) is 0 Å². The van der Waals surface area contributed by atoms with E-state index in [9.17, 15) is 13.2 Å². The summed E-state index contributed by atoms with van der Waals surface area (Å²) in [5.74, 6) is 0.359. The summed E-state index contributed by atoms with van der Waals surface area (Å²) in [7, 11) is -3.80. The van der Waals surface area contributed by atoms with Gasteiger partial charge in [0.25, 0.3) is 5.91 Å². The van der Waals surface area contributed by atoms with Gasteiger partial charge in [-0.15, -0.1) is 12.4 Å². The Balaban J connectivity index is 0.00000441. The number of carbonyl (C=O) groups is 1. The predicted octanol–water partition coefficient (Wildman–Crippen LogP) is 6.54. The Morgan fingerprint density at radius 3 is 2.40 bits per heavy atom. The first-order valence-electron chi connectivity index (χ1n) is 13.0. The highest BCUT2D eigenvalue weighted by atomic mass is 35.5. The summed E-state index contributed by atoms with van der Waals surface area (Å²) in [4.78, 5) is 18.0. The quantitative estimate of drug-likeness (QED) is 0.256. The number of rotatable bonds is 10. The van der Waals surface area contributed by atoms with Crippen LogP contribution in [0.2, 0.25) is 10.0 Å². The first-order chi connectivity index (χ1) is 18.4. The first kappa shape index (κ1) is 32.2. The van der Waals surface area contributed by atoms with Gasteiger partial charge in [-0.3, -0.25) is 10.2 Å². The summed E-state index contributed by atoms with van der Waals surface area (Å²) < 4.78 is 32.6. The van der Waals surface area contributed by atoms with Gasteiger partial charge in [0.2, 0.25) is 0 Å². The molecule has 218 valence electrons. The van der Waals surface area contributed by atoms with Crippen molar-refractivity contribution in [3.63, 3.8) is 0 Å². The molecule has 2 heterocycles. The number of amides is 1. The lowest BCUT2D eigenvalue weighted by Gasteiger charge is -2.27. The number of benzene rings is 2. The maximum atomic E-state index is 13.3. The molecule has 0 bridgehead atoms. The lowest BCUT2D eigenvalue weighted by molar-refractivity contribution is 0.0744. The second-order valence-corrected chi connectivity index (χ2v) is 13.2. The number of hydrazine groups is 1. The average molecular weight is 630 g/mol. The number of hydrogen-bond acceptors (Lipinski definition) is 6. The van der Waals surface area contributed by atoms with Crippen LogP contribution < -0.4 is 9.61 Å². The summed E-state index contributed by atoms with van der Waals surface area (Å²) in [6.07, 6.45) is 3.54. The Bertz CT molecular complexity index is 1420. The number of aromatic nitrogens is 2. The van der Waals surface area contributed by atoms with Crippen LogP contribution in [0.25, 0.3) is 11.4 Å². The minimum Gasteiger partial charge on any atom is -0.382 e. The van der Waals surface area contributed by atoms with Gasteiger partial charge in [0.05, 0.1) is 10.8 Å². The highest BCUT2D eigenvalue weighted by Crippen LogP contribution is 2.34. The fraction of sp³-hybridized carbons (Fsp3) is 0.429. The molecule has 0 atom stereocenters. The van der Waals surface area contributed by atoms with Crippen molar-refractivity contribution in [3.8, 4) is 17.1 Å². The molecule has 0 aliphatic carbocycles. The zero-order valence-corrected chi connectivity index (χ0v) is 26.0. The number of nitrogens with zero attached hydrogens (tertiary/aromatic N) is 3. The first-order valence-corrected chi connectivity index (χ1v) is 15.3. The molecule has 1 fully saturated rings. The largest absolute Gasteiger partial charge is 0.382 e. The maximum absolute atomic E-state index is 13.3. The number of halogens is 3. The number of para-hydroxylation sites is 1. The number of imidazole rings is 1. The molecular weight excluding hydrogens is 595 g/mol. The predicted molar refractivity (Wildman–Crippen MR) is 162 cm³/mol. The van der Waals surface area contributed by atoms with Gasteiger partial charge in [-0.25, -0.2) is 9.99 Å². The molecule has 1 amide bonds. The summed E-state index contributed by atoms with van der Waals surface area (Å²) >= 11 is 12.7. The molecule has 2 aromatic carbocycles. The third kappa shape index (κ3) is 8.36. The molecule has 1 aromatic heterocycles. The van der Waals surface area contributed by atoms with Crippen molar-refractivity contribution >= 4 is 51.6 Å². The van der Waals surface area contributed by atoms with Crippen LogP contribution in [0.5, 0.6) is 5.75 Å². The third-order valence-electron chi connectivity index (χ3n) is 6.81. The van der Waals surface area contributed by atoms with E-state index in [-0.39, 0.29) is 29.8 Å². The van der Waals surface area contributed by atoms with Crippen molar-refractivity contribution in [2.75, 3.05) is 18.8 Å². The highest BCUT2D eigenvalue weighted by molar-refractivity contribution is 7.87. The molecule has 1 N–H and O–H groups in total. The van der Waals surface area contributed by atoms with Crippen LogP contribution in [0.1, 0.15) is 55.7 Å². The van der Waals surface area contributed by atoms with Gasteiger partial charge in [-0.2, -0.15) is 8.42 Å². The number of carbonyl (C=O) groups excluding carboxylic acids is 1. The van der Waals surface area contributed by atoms with Crippen molar-refractivity contribution < 1.29 is 17.4 Å². The SMILES string of the molecule is Cc1c(C(=O)NN2CCCCC2)nc(-c2ccc(Cl)cc2Cl)n1CC(C)(C)CCS(=O)(=O)Oc1ccccc1.Cl. The summed E-state index contributed by atoms with van der Waals surface area (Å²) in [6.45, 7) is 7.80. The third-order valence-corrected chi connectivity index (χ3v) is 8.50. The minimum absolute atomic E-state index is 0. The molecule has 4 rings (SSSR count). The van der Waals surface area contributed by atoms with E-state index in [0.29, 0.717) is 45.8 Å². The van der Waals surface area contributed by atoms with Gasteiger partial charge in [0.15, 0.2) is 5.69 Å². The van der Waals surface area contributed by atoms with Crippen LogP contribution in [0.15, 0.2) is 48.5 Å². The van der Waals surface area contributed by atoms with E-state index in [1.165, 1.54) is 0 Å². The van der Waals surface area contributed by atoms with Gasteiger partial charge in [0, 0.05) is 35.9 Å². The lowest BCUT2D eigenvalue weighted by atomic mass is 9.90. The van der Waals surface area contributed by atoms with Gasteiger partial charge in [0.1, 0.15) is 11.6 Å². The van der Waals surface area contributed by atoms with Gasteiger partial charge >= 0.3 is 10.1 Å². The van der Waals surface area contributed by atoms with E-state index in [2.05, 4.69) is 5.43 Å². The van der Waals surface area contributed by atoms with E-state index in [4.69, 9.17) is 32.4 Å². The van der Waals surface area contributed by atoms with Crippen LogP contribution in [-0.2, 0) is 16.7 Å². The lowest BCUT2D eigenvalue weighted by Crippen LogP contribution is -2.45. The van der Waals surface area contributed by atoms with Crippen molar-refractivity contribution in [1.29, 1.82) is 0 Å². The molecular formula is C28H35Cl3N4O4S. The standard InChI is InChI=1S/C28H34Cl2N4O4S.ClH/c1-20-25(27(35)32-33-15-8-5-9-16-33)31-26(23-13-12-21(29)18-24(23)30)34(20)19-28(2,3)14-17-39(36,37)38-22-10-6-4-7-11-22;/h4,6-7,10-13,18H,5,8-9,14-17,19H2,1-3H3,(H,32,35);1H. The molecule has 0 saturated carbocycles. The maximum Gasteiger partial charge on any atom is 0.309 e. The van der Waals surface area contributed by atoms with Crippen LogP contribution in [0, 0.1) is 12.3 Å². The van der Waals surface area contributed by atoms with Crippen LogP contribution >= 0.6 is 35.6 Å². The Morgan fingerprint density at radius 1 is 1.07 bits per heavy atom. The second-order valence-electron chi connectivity index (χ2n) is 10.6. The summed E-state index contributed by atoms with van der Waals surface area (Å²) in [5, 5.41) is 2.83. The molecule has 0 spiro atoms. The summed E-state index contributed by atoms with van der Waals surface area (Å²) in [5.41, 5.74) is 4.11. The fourth-order valence-electron chi connectivity index (χ4n) is 4.59. The summed E-state index contributed by atoms with van der Waals surface area (Å²) in [6, 6.07) is 13.6. The van der Waals surface area contributed by atoms with Crippen molar-refractivity contribution in [2.45, 2.75) is 53.0 Å². The number of hydrogen-bond donors (Lipinski definition) is 1. The average Bonchev–Trinajstić information content (AvgIpc) is 3.19. The Hall–Kier alpha value is -2.30. The zero-order chi connectivity index (χ0) is 28.2. The number of piperidine rings is 1. The van der Waals surface area contributed by atoms with Gasteiger partial charge in [-0.05, 0) is 61.9 Å². The molecule has 0 radical (unpaired) electrons. The van der Waals surface area contributed by atoms with E-state index in [0.717, 1.165) is 32.4 Å². The molecule has 8 nitrogen and oxygen atoms in total. The van der Waals surface area contributed by atoms with Crippen molar-refractivity contribution in [3.05, 3.63) is 70.0 Å². The van der Waals surface area contributed by atoms with E-state index < -0.39 is 15.5 Å². The van der Waals surface area contributed by atoms with Gasteiger partial charge in [-0.1, -0.05) is 61.7 Å². The minimum atomic E-state index is -3.80. The Labute approximate surface area is 252 Å². The molecule has 1 aliphatic rings. The molecule has 40 heavy (non-hydrogen) atoms. The molecule has 1 saturated heterocycles. The molecule has 12 heteroatoms. The molecule has 3 aromatic rings. The number of nitrogens with one attached hydrogen (secondary N) is 1. The van der Waals surface area contributed by atoms with E-state index in [1.807, 2.05) is 30.3 Å². The zero-order valence-electron chi connectivity index (χ0n) is 22.8. The fourth-order valence-corrected chi connectivity index (χ4v) is 6.38. The monoisotopic (exact) mass is 628 g/mol. The highest BCUT2D eigenvalue weighted by Gasteiger charge is 2.29. The topological polar surface area (TPSA) is 93.5 Å². The van der Waals surface area contributed by atoms with Crippen LogP contribution in [0.3, 0.4) is 0 Å². The van der Waals surface area contributed by atoms with Gasteiger partial charge < -0.3 is 8.75 Å².